The first-order valence-electron chi connectivity index (χ1n) is 8.21. The van der Waals surface area contributed by atoms with Gasteiger partial charge in [0.1, 0.15) is 5.01 Å². The van der Waals surface area contributed by atoms with Gasteiger partial charge in [0.15, 0.2) is 5.78 Å². The Balaban J connectivity index is 1.60. The van der Waals surface area contributed by atoms with Crippen LogP contribution in [0.25, 0.3) is 10.2 Å². The molecule has 0 unspecified atom stereocenters. The quantitative estimate of drug-likeness (QED) is 0.497. The first-order chi connectivity index (χ1) is 12.6. The highest BCUT2D eigenvalue weighted by Crippen LogP contribution is 2.32. The van der Waals surface area contributed by atoms with Gasteiger partial charge >= 0.3 is 0 Å². The first-order valence-corrected chi connectivity index (χ1v) is 10.0. The summed E-state index contributed by atoms with van der Waals surface area (Å²) >= 11 is 2.99. The summed E-state index contributed by atoms with van der Waals surface area (Å²) < 4.78 is 1.10. The molecule has 1 saturated heterocycles. The summed E-state index contributed by atoms with van der Waals surface area (Å²) in [5, 5.41) is 1.57. The topological polar surface area (TPSA) is 50.3 Å². The van der Waals surface area contributed by atoms with E-state index in [4.69, 9.17) is 0 Å². The molecule has 4 rings (SSSR count). The lowest BCUT2D eigenvalue weighted by Crippen LogP contribution is -2.24. The van der Waals surface area contributed by atoms with E-state index in [2.05, 4.69) is 4.98 Å². The number of thioether (sulfide) groups is 1. The molecule has 0 radical (unpaired) electrons. The molecule has 130 valence electrons. The van der Waals surface area contributed by atoms with Crippen LogP contribution in [0.1, 0.15) is 20.9 Å². The van der Waals surface area contributed by atoms with Crippen molar-refractivity contribution < 1.29 is 9.59 Å². The zero-order chi connectivity index (χ0) is 18.1. The van der Waals surface area contributed by atoms with Crippen LogP contribution in [0.3, 0.4) is 0 Å². The Labute approximate surface area is 159 Å². The molecule has 1 aromatic heterocycles. The molecular formula is C20H16N2O2S2. The standard InChI is InChI=1S/C20H16N2O2S2/c1-13-6-2-3-7-14(13)16(23)10-20-22(19(24)12-25-20)11-18-21-15-8-4-5-9-17(15)26-18/h2-10H,11-12H2,1H3/b20-10-. The minimum atomic E-state index is -0.0744. The summed E-state index contributed by atoms with van der Waals surface area (Å²) in [6.07, 6.45) is 1.57. The molecule has 1 aliphatic rings. The van der Waals surface area contributed by atoms with Gasteiger partial charge in [0.2, 0.25) is 5.91 Å². The molecule has 4 nitrogen and oxygen atoms in total. The lowest BCUT2D eigenvalue weighted by molar-refractivity contribution is -0.125. The van der Waals surface area contributed by atoms with Crippen LogP contribution in [0, 0.1) is 6.92 Å². The molecule has 0 saturated carbocycles. The normalized spacial score (nSPS) is 16.0. The highest BCUT2D eigenvalue weighted by molar-refractivity contribution is 8.04. The minimum absolute atomic E-state index is 0.0121. The highest BCUT2D eigenvalue weighted by atomic mass is 32.2. The fourth-order valence-corrected chi connectivity index (χ4v) is 4.76. The SMILES string of the molecule is Cc1ccccc1C(=O)/C=C1\SCC(=O)N1Cc1nc2ccccc2s1. The number of carbonyl (C=O) groups excluding carboxylic acids is 2. The Bertz CT molecular complexity index is 1010. The van der Waals surface area contributed by atoms with Gasteiger partial charge in [0, 0.05) is 11.6 Å². The highest BCUT2D eigenvalue weighted by Gasteiger charge is 2.28. The number of allylic oxidation sites excluding steroid dienone is 1. The van der Waals surface area contributed by atoms with Crippen LogP contribution >= 0.6 is 23.1 Å². The second kappa shape index (κ2) is 7.05. The van der Waals surface area contributed by atoms with Crippen LogP contribution in [-0.4, -0.2) is 27.3 Å². The van der Waals surface area contributed by atoms with Gasteiger partial charge in [-0.15, -0.1) is 11.3 Å². The number of ketones is 1. The second-order valence-corrected chi connectivity index (χ2v) is 8.12. The van der Waals surface area contributed by atoms with E-state index in [-0.39, 0.29) is 11.7 Å². The van der Waals surface area contributed by atoms with Gasteiger partial charge in [0.25, 0.3) is 0 Å². The van der Waals surface area contributed by atoms with E-state index in [1.165, 1.54) is 11.8 Å². The lowest BCUT2D eigenvalue weighted by Gasteiger charge is -2.15. The van der Waals surface area contributed by atoms with E-state index in [9.17, 15) is 9.59 Å². The number of carbonyl (C=O) groups is 2. The van der Waals surface area contributed by atoms with Crippen molar-refractivity contribution in [2.75, 3.05) is 5.75 Å². The summed E-state index contributed by atoms with van der Waals surface area (Å²) in [5.74, 6) is 0.297. The van der Waals surface area contributed by atoms with Crippen LogP contribution < -0.4 is 0 Å². The molecule has 0 atom stereocenters. The van der Waals surface area contributed by atoms with Gasteiger partial charge in [-0.3, -0.25) is 14.5 Å². The van der Waals surface area contributed by atoms with Crippen molar-refractivity contribution >= 4 is 45.0 Å². The lowest BCUT2D eigenvalue weighted by atomic mass is 10.1. The van der Waals surface area contributed by atoms with E-state index in [0.29, 0.717) is 22.9 Å². The summed E-state index contributed by atoms with van der Waals surface area (Å²) in [6.45, 7) is 2.32. The number of thiazole rings is 1. The predicted octanol–water partition coefficient (Wildman–Crippen LogP) is 4.40. The third-order valence-electron chi connectivity index (χ3n) is 4.21. The zero-order valence-electron chi connectivity index (χ0n) is 14.1. The molecular weight excluding hydrogens is 364 g/mol. The molecule has 26 heavy (non-hydrogen) atoms. The first kappa shape index (κ1) is 17.0. The summed E-state index contributed by atoms with van der Waals surface area (Å²) in [7, 11) is 0. The maximum Gasteiger partial charge on any atom is 0.238 e. The monoisotopic (exact) mass is 380 g/mol. The summed E-state index contributed by atoms with van der Waals surface area (Å²) in [5.41, 5.74) is 2.54. The Morgan fingerprint density at radius 1 is 1.19 bits per heavy atom. The number of fused-ring (bicyclic) bond motifs is 1. The van der Waals surface area contributed by atoms with Crippen molar-refractivity contribution in [3.63, 3.8) is 0 Å². The van der Waals surface area contributed by atoms with E-state index in [1.807, 2.05) is 55.5 Å². The molecule has 0 spiro atoms. The summed E-state index contributed by atoms with van der Waals surface area (Å²) in [4.78, 5) is 31.2. The predicted molar refractivity (Wildman–Crippen MR) is 106 cm³/mol. The number of hydrogen-bond donors (Lipinski definition) is 0. The van der Waals surface area contributed by atoms with Crippen molar-refractivity contribution in [3.05, 3.63) is 75.8 Å². The molecule has 2 aromatic carbocycles. The molecule has 6 heteroatoms. The number of nitrogens with zero attached hydrogens (tertiary/aromatic N) is 2. The molecule has 0 aliphatic carbocycles. The van der Waals surface area contributed by atoms with Gasteiger partial charge in [-0.05, 0) is 24.6 Å². The van der Waals surface area contributed by atoms with Crippen LogP contribution in [0.2, 0.25) is 0 Å². The molecule has 1 aliphatic heterocycles. The maximum absolute atomic E-state index is 12.6. The Morgan fingerprint density at radius 2 is 1.96 bits per heavy atom. The average Bonchev–Trinajstić information content (AvgIpc) is 3.20. The van der Waals surface area contributed by atoms with Crippen molar-refractivity contribution in [3.8, 4) is 0 Å². The fourth-order valence-electron chi connectivity index (χ4n) is 2.86. The van der Waals surface area contributed by atoms with Crippen molar-refractivity contribution in [1.29, 1.82) is 0 Å². The van der Waals surface area contributed by atoms with Crippen LogP contribution in [0.4, 0.5) is 0 Å². The smallest absolute Gasteiger partial charge is 0.238 e. The van der Waals surface area contributed by atoms with Crippen molar-refractivity contribution in [2.45, 2.75) is 13.5 Å². The minimum Gasteiger partial charge on any atom is -0.299 e. The Morgan fingerprint density at radius 3 is 2.77 bits per heavy atom. The maximum atomic E-state index is 12.6. The third-order valence-corrected chi connectivity index (χ3v) is 6.25. The second-order valence-electron chi connectivity index (χ2n) is 6.01. The number of para-hydroxylation sites is 1. The number of rotatable bonds is 4. The van der Waals surface area contributed by atoms with Crippen LogP contribution in [0.5, 0.6) is 0 Å². The average molecular weight is 380 g/mol. The van der Waals surface area contributed by atoms with E-state index in [1.54, 1.807) is 22.3 Å². The van der Waals surface area contributed by atoms with E-state index >= 15 is 0 Å². The molecule has 0 N–H and O–H groups in total. The summed E-state index contributed by atoms with van der Waals surface area (Å²) in [6, 6.07) is 15.4. The fraction of sp³-hybridized carbons (Fsp3) is 0.150. The third kappa shape index (κ3) is 3.30. The molecule has 1 amide bonds. The van der Waals surface area contributed by atoms with Crippen LogP contribution in [0.15, 0.2) is 59.6 Å². The number of aryl methyl sites for hydroxylation is 1. The molecule has 0 bridgehead atoms. The number of amides is 1. The number of hydrogen-bond acceptors (Lipinski definition) is 5. The Kier molecular flexibility index (Phi) is 4.61. The van der Waals surface area contributed by atoms with Gasteiger partial charge < -0.3 is 0 Å². The number of benzene rings is 2. The van der Waals surface area contributed by atoms with Gasteiger partial charge in [-0.2, -0.15) is 0 Å². The molecule has 2 heterocycles. The van der Waals surface area contributed by atoms with E-state index < -0.39 is 0 Å². The largest absolute Gasteiger partial charge is 0.299 e. The molecule has 3 aromatic rings. The van der Waals surface area contributed by atoms with Crippen LogP contribution in [-0.2, 0) is 11.3 Å². The zero-order valence-corrected chi connectivity index (χ0v) is 15.8. The molecule has 1 fully saturated rings. The van der Waals surface area contributed by atoms with E-state index in [0.717, 1.165) is 20.8 Å². The number of aromatic nitrogens is 1. The Hall–Kier alpha value is -2.44. The van der Waals surface area contributed by atoms with Gasteiger partial charge in [0.05, 0.1) is 27.5 Å². The van der Waals surface area contributed by atoms with Crippen molar-refractivity contribution in [2.24, 2.45) is 0 Å². The van der Waals surface area contributed by atoms with Crippen molar-refractivity contribution in [1.82, 2.24) is 9.88 Å². The van der Waals surface area contributed by atoms with Gasteiger partial charge in [-0.25, -0.2) is 4.98 Å². The van der Waals surface area contributed by atoms with Gasteiger partial charge in [-0.1, -0.05) is 48.2 Å².